The normalized spacial score (nSPS) is 17.8. The zero-order chi connectivity index (χ0) is 18.0. The summed E-state index contributed by atoms with van der Waals surface area (Å²) in [6.07, 6.45) is -3.48. The molecule has 2 heterocycles. The van der Waals surface area contributed by atoms with Crippen LogP contribution in [0.25, 0.3) is 0 Å². The van der Waals surface area contributed by atoms with E-state index in [0.29, 0.717) is 19.4 Å². The molecule has 0 aliphatic carbocycles. The lowest BCUT2D eigenvalue weighted by molar-refractivity contribution is -0.239. The SMILES string of the molecule is CCOC1(OC)CCN(C(=O)c2ccnc(C(F)(F)F)c2F)CC1. The van der Waals surface area contributed by atoms with Crippen molar-refractivity contribution in [2.45, 2.75) is 31.7 Å². The average molecular weight is 350 g/mol. The van der Waals surface area contributed by atoms with Crippen LogP contribution in [0.15, 0.2) is 12.3 Å². The van der Waals surface area contributed by atoms with Crippen LogP contribution in [0.4, 0.5) is 17.6 Å². The number of hydrogen-bond acceptors (Lipinski definition) is 4. The van der Waals surface area contributed by atoms with Gasteiger partial charge in [0.05, 0.1) is 5.56 Å². The van der Waals surface area contributed by atoms with E-state index in [4.69, 9.17) is 9.47 Å². The first-order valence-corrected chi connectivity index (χ1v) is 7.44. The number of alkyl halides is 3. The Morgan fingerprint density at radius 1 is 1.38 bits per heavy atom. The van der Waals surface area contributed by atoms with Gasteiger partial charge in [-0.15, -0.1) is 0 Å². The second-order valence-electron chi connectivity index (χ2n) is 5.36. The molecule has 1 aromatic heterocycles. The van der Waals surface area contributed by atoms with Crippen LogP contribution < -0.4 is 0 Å². The van der Waals surface area contributed by atoms with Crippen molar-refractivity contribution < 1.29 is 31.8 Å². The summed E-state index contributed by atoms with van der Waals surface area (Å²) in [7, 11) is 1.49. The molecule has 2 rings (SSSR count). The van der Waals surface area contributed by atoms with Crippen LogP contribution in [0, 0.1) is 5.82 Å². The highest BCUT2D eigenvalue weighted by Gasteiger charge is 2.40. The molecule has 9 heteroatoms. The molecule has 24 heavy (non-hydrogen) atoms. The highest BCUT2D eigenvalue weighted by molar-refractivity contribution is 5.94. The standard InChI is InChI=1S/C15H18F4N2O3/c1-3-24-14(23-2)5-8-21(9-6-14)13(22)10-4-7-20-12(11(10)16)15(17,18)19/h4,7H,3,5-6,8-9H2,1-2H3. The molecule has 0 atom stereocenters. The number of aromatic nitrogens is 1. The van der Waals surface area contributed by atoms with E-state index in [1.54, 1.807) is 0 Å². The van der Waals surface area contributed by atoms with E-state index < -0.39 is 34.9 Å². The average Bonchev–Trinajstić information content (AvgIpc) is 2.54. The molecular weight excluding hydrogens is 332 g/mol. The fraction of sp³-hybridized carbons (Fsp3) is 0.600. The Morgan fingerprint density at radius 2 is 2.00 bits per heavy atom. The maximum Gasteiger partial charge on any atom is 0.436 e. The molecule has 0 radical (unpaired) electrons. The fourth-order valence-corrected chi connectivity index (χ4v) is 2.70. The lowest BCUT2D eigenvalue weighted by Crippen LogP contribution is -2.49. The third-order valence-electron chi connectivity index (χ3n) is 3.98. The number of ether oxygens (including phenoxy) is 2. The zero-order valence-corrected chi connectivity index (χ0v) is 13.3. The van der Waals surface area contributed by atoms with Crippen LogP contribution in [-0.2, 0) is 15.7 Å². The second-order valence-corrected chi connectivity index (χ2v) is 5.36. The van der Waals surface area contributed by atoms with Crippen LogP contribution in [0.2, 0.25) is 0 Å². The van der Waals surface area contributed by atoms with E-state index in [2.05, 4.69) is 4.98 Å². The van der Waals surface area contributed by atoms with Gasteiger partial charge in [0.1, 0.15) is 0 Å². The third-order valence-corrected chi connectivity index (χ3v) is 3.98. The molecule has 0 spiro atoms. The number of likely N-dealkylation sites (tertiary alicyclic amines) is 1. The summed E-state index contributed by atoms with van der Waals surface area (Å²) >= 11 is 0. The topological polar surface area (TPSA) is 51.7 Å². The summed E-state index contributed by atoms with van der Waals surface area (Å²) in [6.45, 7) is 2.62. The molecule has 0 unspecified atom stereocenters. The van der Waals surface area contributed by atoms with Gasteiger partial charge in [-0.25, -0.2) is 9.37 Å². The molecule has 1 aliphatic rings. The first kappa shape index (κ1) is 18.6. The first-order chi connectivity index (χ1) is 11.2. The van der Waals surface area contributed by atoms with E-state index in [1.807, 2.05) is 6.92 Å². The van der Waals surface area contributed by atoms with Crippen molar-refractivity contribution in [1.29, 1.82) is 0 Å². The lowest BCUT2D eigenvalue weighted by Gasteiger charge is -2.40. The van der Waals surface area contributed by atoms with E-state index >= 15 is 0 Å². The van der Waals surface area contributed by atoms with Gasteiger partial charge < -0.3 is 14.4 Å². The Hall–Kier alpha value is -1.74. The Balaban J connectivity index is 2.17. The van der Waals surface area contributed by atoms with Gasteiger partial charge in [-0.05, 0) is 13.0 Å². The van der Waals surface area contributed by atoms with Crippen molar-refractivity contribution in [3.63, 3.8) is 0 Å². The van der Waals surface area contributed by atoms with Gasteiger partial charge in [0, 0.05) is 45.8 Å². The highest BCUT2D eigenvalue weighted by atomic mass is 19.4. The monoisotopic (exact) mass is 350 g/mol. The number of amides is 1. The molecule has 1 saturated heterocycles. The van der Waals surface area contributed by atoms with E-state index in [9.17, 15) is 22.4 Å². The van der Waals surface area contributed by atoms with Gasteiger partial charge in [-0.3, -0.25) is 4.79 Å². The van der Waals surface area contributed by atoms with Crippen LogP contribution >= 0.6 is 0 Å². The van der Waals surface area contributed by atoms with Gasteiger partial charge in [-0.1, -0.05) is 0 Å². The van der Waals surface area contributed by atoms with Crippen molar-refractivity contribution >= 4 is 5.91 Å². The Morgan fingerprint density at radius 3 is 2.50 bits per heavy atom. The van der Waals surface area contributed by atoms with E-state index in [-0.39, 0.29) is 13.1 Å². The zero-order valence-electron chi connectivity index (χ0n) is 13.3. The summed E-state index contributed by atoms with van der Waals surface area (Å²) in [5.74, 6) is -3.27. The number of piperidine rings is 1. The summed E-state index contributed by atoms with van der Waals surface area (Å²) in [4.78, 5) is 16.6. The summed E-state index contributed by atoms with van der Waals surface area (Å²) in [5.41, 5.74) is -2.33. The van der Waals surface area contributed by atoms with Gasteiger partial charge in [0.2, 0.25) is 0 Å². The molecule has 0 N–H and O–H groups in total. The predicted octanol–water partition coefficient (Wildman–Crippen LogP) is 2.85. The minimum Gasteiger partial charge on any atom is -0.353 e. The number of pyridine rings is 1. The van der Waals surface area contributed by atoms with Crippen molar-refractivity contribution in [3.8, 4) is 0 Å². The summed E-state index contributed by atoms with van der Waals surface area (Å²) in [5, 5.41) is 0. The molecule has 134 valence electrons. The van der Waals surface area contributed by atoms with E-state index in [1.165, 1.54) is 12.0 Å². The third kappa shape index (κ3) is 3.67. The molecule has 1 amide bonds. The number of hydrogen-bond donors (Lipinski definition) is 0. The van der Waals surface area contributed by atoms with Crippen molar-refractivity contribution in [3.05, 3.63) is 29.3 Å². The minimum atomic E-state index is -4.96. The highest BCUT2D eigenvalue weighted by Crippen LogP contribution is 2.32. The van der Waals surface area contributed by atoms with Crippen LogP contribution in [0.5, 0.6) is 0 Å². The number of halogens is 4. The Bertz CT molecular complexity index is 599. The maximum absolute atomic E-state index is 14.0. The minimum absolute atomic E-state index is 0.190. The first-order valence-electron chi connectivity index (χ1n) is 7.44. The number of rotatable bonds is 4. The molecule has 0 aromatic carbocycles. The number of carbonyl (C=O) groups is 1. The lowest BCUT2D eigenvalue weighted by atomic mass is 10.0. The molecule has 0 bridgehead atoms. The van der Waals surface area contributed by atoms with Crippen LogP contribution in [0.1, 0.15) is 35.8 Å². The van der Waals surface area contributed by atoms with Crippen molar-refractivity contribution in [1.82, 2.24) is 9.88 Å². The Kier molecular flexibility index (Phi) is 5.44. The van der Waals surface area contributed by atoms with Gasteiger partial charge in [0.25, 0.3) is 5.91 Å². The molecule has 1 aromatic rings. The van der Waals surface area contributed by atoms with Crippen molar-refractivity contribution in [2.24, 2.45) is 0 Å². The quantitative estimate of drug-likeness (QED) is 0.619. The van der Waals surface area contributed by atoms with Gasteiger partial charge in [0.15, 0.2) is 17.3 Å². The van der Waals surface area contributed by atoms with Gasteiger partial charge in [-0.2, -0.15) is 13.2 Å². The molecule has 1 aliphatic heterocycles. The van der Waals surface area contributed by atoms with E-state index in [0.717, 1.165) is 12.3 Å². The maximum atomic E-state index is 14.0. The number of carbonyl (C=O) groups excluding carboxylic acids is 1. The molecule has 1 fully saturated rings. The summed E-state index contributed by atoms with van der Waals surface area (Å²) < 4.78 is 63.0. The molecular formula is C15H18F4N2O3. The molecule has 0 saturated carbocycles. The van der Waals surface area contributed by atoms with Gasteiger partial charge >= 0.3 is 6.18 Å². The van der Waals surface area contributed by atoms with Crippen LogP contribution in [-0.4, -0.2) is 48.4 Å². The summed E-state index contributed by atoms with van der Waals surface area (Å²) in [6, 6.07) is 0.952. The van der Waals surface area contributed by atoms with Crippen LogP contribution in [0.3, 0.4) is 0 Å². The fourth-order valence-electron chi connectivity index (χ4n) is 2.70. The predicted molar refractivity (Wildman–Crippen MR) is 75.7 cm³/mol. The largest absolute Gasteiger partial charge is 0.436 e. The Labute approximate surface area is 136 Å². The number of methoxy groups -OCH3 is 1. The van der Waals surface area contributed by atoms with Crippen molar-refractivity contribution in [2.75, 3.05) is 26.8 Å². The second kappa shape index (κ2) is 7.02. The number of nitrogens with zero attached hydrogens (tertiary/aromatic N) is 2. The molecule has 5 nitrogen and oxygen atoms in total. The smallest absolute Gasteiger partial charge is 0.353 e.